The van der Waals surface area contributed by atoms with Crippen molar-refractivity contribution in [2.75, 3.05) is 13.7 Å². The van der Waals surface area contributed by atoms with Crippen molar-refractivity contribution in [3.05, 3.63) is 63.1 Å². The van der Waals surface area contributed by atoms with Gasteiger partial charge < -0.3 is 15.6 Å². The van der Waals surface area contributed by atoms with Crippen molar-refractivity contribution < 1.29 is 9.84 Å². The maximum atomic E-state index is 10.6. The highest BCUT2D eigenvalue weighted by atomic mass is 79.9. The van der Waals surface area contributed by atoms with E-state index in [1.54, 1.807) is 13.2 Å². The van der Waals surface area contributed by atoms with E-state index < -0.39 is 6.10 Å². The lowest BCUT2D eigenvalue weighted by atomic mass is 9.89. The van der Waals surface area contributed by atoms with Crippen LogP contribution in [0.15, 0.2) is 46.9 Å². The number of nitrogens with two attached hydrogens (primary N) is 1. The lowest BCUT2D eigenvalue weighted by Gasteiger charge is -2.23. The van der Waals surface area contributed by atoms with E-state index in [9.17, 15) is 5.11 Å². The van der Waals surface area contributed by atoms with Gasteiger partial charge in [0.25, 0.3) is 0 Å². The molecule has 3 nitrogen and oxygen atoms in total. The molecule has 0 aliphatic heterocycles. The van der Waals surface area contributed by atoms with E-state index in [4.69, 9.17) is 22.1 Å². The summed E-state index contributed by atoms with van der Waals surface area (Å²) in [4.78, 5) is 0. The number of methoxy groups -OCH3 is 1. The third-order valence-corrected chi connectivity index (χ3v) is 4.67. The fourth-order valence-corrected chi connectivity index (χ4v) is 2.68. The summed E-state index contributed by atoms with van der Waals surface area (Å²) >= 11 is 9.43. The molecule has 2 aromatic rings. The van der Waals surface area contributed by atoms with Crippen molar-refractivity contribution in [1.82, 2.24) is 0 Å². The molecule has 5 heteroatoms. The van der Waals surface area contributed by atoms with Gasteiger partial charge in [0.05, 0.1) is 18.2 Å². The standard InChI is InChI=1S/C16H17BrClNO2/c1-21-12-4-2-3-10(7-12)13(9-19)16(20)11-5-6-14(17)15(18)8-11/h2-8,13,16,20H,9,19H2,1H3. The summed E-state index contributed by atoms with van der Waals surface area (Å²) in [6.07, 6.45) is -0.729. The summed E-state index contributed by atoms with van der Waals surface area (Å²) in [6.45, 7) is 0.321. The molecule has 0 aliphatic carbocycles. The fraction of sp³-hybridized carbons (Fsp3) is 0.250. The molecule has 0 aliphatic rings. The maximum Gasteiger partial charge on any atom is 0.119 e. The first-order chi connectivity index (χ1) is 10.1. The van der Waals surface area contributed by atoms with E-state index in [1.807, 2.05) is 36.4 Å². The number of ether oxygens (including phenoxy) is 1. The van der Waals surface area contributed by atoms with Gasteiger partial charge in [-0.3, -0.25) is 0 Å². The highest BCUT2D eigenvalue weighted by Gasteiger charge is 2.22. The molecule has 0 saturated carbocycles. The molecular weight excluding hydrogens is 354 g/mol. The van der Waals surface area contributed by atoms with Crippen LogP contribution < -0.4 is 10.5 Å². The number of aliphatic hydroxyl groups excluding tert-OH is 1. The van der Waals surface area contributed by atoms with Gasteiger partial charge in [0.1, 0.15) is 5.75 Å². The van der Waals surface area contributed by atoms with E-state index in [2.05, 4.69) is 15.9 Å². The van der Waals surface area contributed by atoms with Crippen molar-refractivity contribution >= 4 is 27.5 Å². The molecule has 0 bridgehead atoms. The molecule has 2 rings (SSSR count). The normalized spacial score (nSPS) is 13.8. The Morgan fingerprint density at radius 3 is 2.62 bits per heavy atom. The van der Waals surface area contributed by atoms with Crippen LogP contribution in [0.1, 0.15) is 23.1 Å². The van der Waals surface area contributed by atoms with Gasteiger partial charge in [0, 0.05) is 16.9 Å². The molecule has 112 valence electrons. The molecule has 0 heterocycles. The Hall–Kier alpha value is -1.07. The second kappa shape index (κ2) is 7.27. The number of aliphatic hydroxyl groups is 1. The van der Waals surface area contributed by atoms with E-state index >= 15 is 0 Å². The molecule has 2 atom stereocenters. The minimum Gasteiger partial charge on any atom is -0.497 e. The number of rotatable bonds is 5. The van der Waals surface area contributed by atoms with Crippen LogP contribution in [0.3, 0.4) is 0 Å². The molecule has 0 radical (unpaired) electrons. The lowest BCUT2D eigenvalue weighted by Crippen LogP contribution is -2.20. The van der Waals surface area contributed by atoms with Crippen molar-refractivity contribution in [2.24, 2.45) is 5.73 Å². The second-order valence-electron chi connectivity index (χ2n) is 4.74. The first-order valence-electron chi connectivity index (χ1n) is 6.54. The predicted molar refractivity (Wildman–Crippen MR) is 88.9 cm³/mol. The molecule has 0 spiro atoms. The van der Waals surface area contributed by atoms with Crippen LogP contribution >= 0.6 is 27.5 Å². The summed E-state index contributed by atoms with van der Waals surface area (Å²) in [5, 5.41) is 11.2. The Kier molecular flexibility index (Phi) is 5.65. The minimum atomic E-state index is -0.729. The van der Waals surface area contributed by atoms with Gasteiger partial charge in [-0.2, -0.15) is 0 Å². The van der Waals surface area contributed by atoms with Gasteiger partial charge in [0.15, 0.2) is 0 Å². The summed E-state index contributed by atoms with van der Waals surface area (Å²) in [7, 11) is 1.61. The molecule has 2 aromatic carbocycles. The highest BCUT2D eigenvalue weighted by molar-refractivity contribution is 9.10. The number of benzene rings is 2. The average molecular weight is 371 g/mol. The molecule has 21 heavy (non-hydrogen) atoms. The van der Waals surface area contributed by atoms with E-state index in [1.165, 1.54) is 0 Å². The van der Waals surface area contributed by atoms with Crippen LogP contribution in [0.2, 0.25) is 5.02 Å². The van der Waals surface area contributed by atoms with Crippen molar-refractivity contribution in [3.63, 3.8) is 0 Å². The van der Waals surface area contributed by atoms with Crippen LogP contribution in [-0.4, -0.2) is 18.8 Å². The summed E-state index contributed by atoms with van der Waals surface area (Å²) in [5.74, 6) is 0.518. The number of halogens is 2. The summed E-state index contributed by atoms with van der Waals surface area (Å²) < 4.78 is 6.02. The summed E-state index contributed by atoms with van der Waals surface area (Å²) in [5.41, 5.74) is 7.53. The smallest absolute Gasteiger partial charge is 0.119 e. The Labute approximate surface area is 137 Å². The van der Waals surface area contributed by atoms with Crippen molar-refractivity contribution in [3.8, 4) is 5.75 Å². The molecule has 0 fully saturated rings. The van der Waals surface area contributed by atoms with Crippen molar-refractivity contribution in [1.29, 1.82) is 0 Å². The van der Waals surface area contributed by atoms with Crippen LogP contribution in [0.5, 0.6) is 5.75 Å². The Balaban J connectivity index is 2.32. The molecule has 0 amide bonds. The molecular formula is C16H17BrClNO2. The zero-order valence-electron chi connectivity index (χ0n) is 11.6. The Bertz CT molecular complexity index is 621. The Morgan fingerprint density at radius 2 is 2.00 bits per heavy atom. The molecule has 2 unspecified atom stereocenters. The average Bonchev–Trinajstić information content (AvgIpc) is 2.51. The zero-order chi connectivity index (χ0) is 15.4. The topological polar surface area (TPSA) is 55.5 Å². The van der Waals surface area contributed by atoms with Crippen LogP contribution in [0.25, 0.3) is 0 Å². The van der Waals surface area contributed by atoms with Crippen LogP contribution in [-0.2, 0) is 0 Å². The van der Waals surface area contributed by atoms with Crippen molar-refractivity contribution in [2.45, 2.75) is 12.0 Å². The van der Waals surface area contributed by atoms with Gasteiger partial charge in [-0.05, 0) is 51.3 Å². The number of hydrogen-bond donors (Lipinski definition) is 2. The maximum absolute atomic E-state index is 10.6. The van der Waals surface area contributed by atoms with Crippen LogP contribution in [0.4, 0.5) is 0 Å². The molecule has 3 N–H and O–H groups in total. The van der Waals surface area contributed by atoms with E-state index in [0.717, 1.165) is 21.3 Å². The first kappa shape index (κ1) is 16.3. The third-order valence-electron chi connectivity index (χ3n) is 3.44. The second-order valence-corrected chi connectivity index (χ2v) is 6.00. The van der Waals surface area contributed by atoms with Gasteiger partial charge in [-0.15, -0.1) is 0 Å². The zero-order valence-corrected chi connectivity index (χ0v) is 13.9. The Morgan fingerprint density at radius 1 is 1.24 bits per heavy atom. The SMILES string of the molecule is COc1cccc(C(CN)C(O)c2ccc(Br)c(Cl)c2)c1. The van der Waals surface area contributed by atoms with Crippen LogP contribution in [0, 0.1) is 0 Å². The minimum absolute atomic E-state index is 0.225. The lowest BCUT2D eigenvalue weighted by molar-refractivity contribution is 0.147. The fourth-order valence-electron chi connectivity index (χ4n) is 2.25. The summed E-state index contributed by atoms with van der Waals surface area (Å²) in [6, 6.07) is 13.0. The van der Waals surface area contributed by atoms with E-state index in [0.29, 0.717) is 11.6 Å². The quantitative estimate of drug-likeness (QED) is 0.839. The predicted octanol–water partition coefficient (Wildman–Crippen LogP) is 3.89. The molecule has 0 saturated heterocycles. The molecule has 0 aromatic heterocycles. The monoisotopic (exact) mass is 369 g/mol. The van der Waals surface area contributed by atoms with Gasteiger partial charge in [0.2, 0.25) is 0 Å². The largest absolute Gasteiger partial charge is 0.497 e. The first-order valence-corrected chi connectivity index (χ1v) is 7.71. The van der Waals surface area contributed by atoms with Gasteiger partial charge in [-0.25, -0.2) is 0 Å². The number of hydrogen-bond acceptors (Lipinski definition) is 3. The van der Waals surface area contributed by atoms with Gasteiger partial charge >= 0.3 is 0 Å². The van der Waals surface area contributed by atoms with Gasteiger partial charge in [-0.1, -0.05) is 29.8 Å². The van der Waals surface area contributed by atoms with E-state index in [-0.39, 0.29) is 5.92 Å². The third kappa shape index (κ3) is 3.77. The highest BCUT2D eigenvalue weighted by Crippen LogP contribution is 2.34.